The number of aromatic amines is 1. The van der Waals surface area contributed by atoms with Gasteiger partial charge in [0.25, 0.3) is 0 Å². The van der Waals surface area contributed by atoms with Crippen molar-refractivity contribution in [3.63, 3.8) is 0 Å². The summed E-state index contributed by atoms with van der Waals surface area (Å²) in [4.78, 5) is 27.2. The summed E-state index contributed by atoms with van der Waals surface area (Å²) in [6.07, 6.45) is 2.09. The number of aryl methyl sites for hydroxylation is 1. The summed E-state index contributed by atoms with van der Waals surface area (Å²) in [6, 6.07) is 5.97. The molecule has 20 heavy (non-hydrogen) atoms. The number of H-pyrrole nitrogens is 1. The van der Waals surface area contributed by atoms with E-state index in [9.17, 15) is 9.59 Å². The molecule has 1 aromatic heterocycles. The van der Waals surface area contributed by atoms with Crippen molar-refractivity contribution in [2.45, 2.75) is 19.8 Å². The molecule has 2 N–H and O–H groups in total. The number of carbonyl (C=O) groups excluding carboxylic acids is 1. The molecule has 0 saturated heterocycles. The Hall–Kier alpha value is -2.30. The maximum absolute atomic E-state index is 12.1. The second-order valence-electron chi connectivity index (χ2n) is 4.95. The number of hydrogen-bond acceptors (Lipinski definition) is 2. The molecule has 0 aliphatic heterocycles. The van der Waals surface area contributed by atoms with Crippen LogP contribution < -0.4 is 0 Å². The normalized spacial score (nSPS) is 10.7. The van der Waals surface area contributed by atoms with Gasteiger partial charge in [0.15, 0.2) is 0 Å². The summed E-state index contributed by atoms with van der Waals surface area (Å²) in [5.74, 6) is -0.971. The molecule has 2 aromatic rings. The molecule has 0 aliphatic carbocycles. The Balaban J connectivity index is 2.10. The Morgan fingerprint density at radius 2 is 2.10 bits per heavy atom. The smallest absolute Gasteiger partial charge is 0.305 e. The molecule has 0 bridgehead atoms. The Morgan fingerprint density at radius 3 is 2.80 bits per heavy atom. The molecule has 1 aromatic carbocycles. The number of carboxylic acids is 1. The van der Waals surface area contributed by atoms with Crippen LogP contribution in [0.25, 0.3) is 10.9 Å². The van der Waals surface area contributed by atoms with Crippen molar-refractivity contribution in [1.29, 1.82) is 0 Å². The molecular formula is C15H18N2O3. The fraction of sp³-hybridized carbons (Fsp3) is 0.333. The zero-order valence-corrected chi connectivity index (χ0v) is 11.6. The Kier molecular flexibility index (Phi) is 4.08. The van der Waals surface area contributed by atoms with Gasteiger partial charge in [-0.25, -0.2) is 0 Å². The molecule has 5 nitrogen and oxygen atoms in total. The number of nitrogens with one attached hydrogen (secondary N) is 1. The topological polar surface area (TPSA) is 73.4 Å². The van der Waals surface area contributed by atoms with Gasteiger partial charge < -0.3 is 15.0 Å². The molecule has 5 heteroatoms. The number of likely N-dealkylation sites (N-methyl/N-ethyl adjacent to an activating group) is 1. The minimum atomic E-state index is -0.896. The van der Waals surface area contributed by atoms with Gasteiger partial charge in [-0.1, -0.05) is 18.2 Å². The van der Waals surface area contributed by atoms with Crippen molar-refractivity contribution in [2.24, 2.45) is 0 Å². The van der Waals surface area contributed by atoms with Crippen molar-refractivity contribution >= 4 is 22.8 Å². The standard InChI is InChI=1S/C15H18N2O3/c1-10-4-3-5-12-11(9-16-15(10)12)8-13(18)17(2)7-6-14(19)20/h3-5,9,16H,6-8H2,1-2H3,(H,19,20). The first kappa shape index (κ1) is 14.1. The van der Waals surface area contributed by atoms with Crippen LogP contribution in [0, 0.1) is 6.92 Å². The average molecular weight is 274 g/mol. The minimum absolute atomic E-state index is 0.0325. The highest BCUT2D eigenvalue weighted by atomic mass is 16.4. The highest BCUT2D eigenvalue weighted by Gasteiger charge is 2.14. The molecule has 0 saturated carbocycles. The second-order valence-corrected chi connectivity index (χ2v) is 4.95. The maximum atomic E-state index is 12.1. The predicted octanol–water partition coefficient (Wildman–Crippen LogP) is 1.95. The summed E-state index contributed by atoms with van der Waals surface area (Å²) in [7, 11) is 1.63. The van der Waals surface area contributed by atoms with E-state index >= 15 is 0 Å². The van der Waals surface area contributed by atoms with Crippen LogP contribution in [0.3, 0.4) is 0 Å². The van der Waals surface area contributed by atoms with E-state index < -0.39 is 5.97 Å². The summed E-state index contributed by atoms with van der Waals surface area (Å²) >= 11 is 0. The highest BCUT2D eigenvalue weighted by molar-refractivity contribution is 5.90. The lowest BCUT2D eigenvalue weighted by molar-refractivity contribution is -0.138. The number of benzene rings is 1. The zero-order valence-electron chi connectivity index (χ0n) is 11.6. The first-order valence-electron chi connectivity index (χ1n) is 6.50. The van der Waals surface area contributed by atoms with Gasteiger partial charge >= 0.3 is 5.97 Å². The van der Waals surface area contributed by atoms with Crippen molar-refractivity contribution < 1.29 is 14.7 Å². The third-order valence-corrected chi connectivity index (χ3v) is 3.44. The zero-order chi connectivity index (χ0) is 14.7. The first-order chi connectivity index (χ1) is 9.49. The first-order valence-corrected chi connectivity index (χ1v) is 6.50. The molecule has 2 rings (SSSR count). The number of fused-ring (bicyclic) bond motifs is 1. The number of carboxylic acid groups (broad SMARTS) is 1. The quantitative estimate of drug-likeness (QED) is 0.875. The van der Waals surface area contributed by atoms with Crippen LogP contribution in [-0.4, -0.2) is 40.5 Å². The number of rotatable bonds is 5. The van der Waals surface area contributed by atoms with E-state index in [1.54, 1.807) is 7.05 Å². The summed E-state index contributed by atoms with van der Waals surface area (Å²) in [6.45, 7) is 2.25. The van der Waals surface area contributed by atoms with Crippen molar-refractivity contribution in [3.8, 4) is 0 Å². The number of hydrogen-bond donors (Lipinski definition) is 2. The van der Waals surface area contributed by atoms with Crippen LogP contribution >= 0.6 is 0 Å². The molecule has 1 amide bonds. The van der Waals surface area contributed by atoms with E-state index in [0.29, 0.717) is 0 Å². The molecule has 1 heterocycles. The summed E-state index contributed by atoms with van der Waals surface area (Å²) in [5.41, 5.74) is 3.12. The van der Waals surface area contributed by atoms with Crippen LogP contribution in [0.4, 0.5) is 0 Å². The van der Waals surface area contributed by atoms with Crippen LogP contribution in [0.2, 0.25) is 0 Å². The summed E-state index contributed by atoms with van der Waals surface area (Å²) < 4.78 is 0. The highest BCUT2D eigenvalue weighted by Crippen LogP contribution is 2.21. The largest absolute Gasteiger partial charge is 0.481 e. The van der Waals surface area contributed by atoms with Gasteiger partial charge in [-0.05, 0) is 18.1 Å². The number of carbonyl (C=O) groups is 2. The third kappa shape index (κ3) is 2.99. The molecule has 0 aliphatic rings. The average Bonchev–Trinajstić information content (AvgIpc) is 2.80. The molecule has 0 radical (unpaired) electrons. The molecular weight excluding hydrogens is 256 g/mol. The number of nitrogens with zero attached hydrogens (tertiary/aromatic N) is 1. The summed E-state index contributed by atoms with van der Waals surface area (Å²) in [5, 5.41) is 9.68. The van der Waals surface area contributed by atoms with E-state index in [4.69, 9.17) is 5.11 Å². The molecule has 106 valence electrons. The van der Waals surface area contributed by atoms with Gasteiger partial charge in [0.1, 0.15) is 0 Å². The van der Waals surface area contributed by atoms with Crippen LogP contribution in [0.5, 0.6) is 0 Å². The molecule has 0 fully saturated rings. The predicted molar refractivity (Wildman–Crippen MR) is 76.6 cm³/mol. The lowest BCUT2D eigenvalue weighted by atomic mass is 10.1. The number of aromatic nitrogens is 1. The van der Waals surface area contributed by atoms with E-state index in [2.05, 4.69) is 4.98 Å². The monoisotopic (exact) mass is 274 g/mol. The van der Waals surface area contributed by atoms with Crippen LogP contribution in [0.1, 0.15) is 17.5 Å². The van der Waals surface area contributed by atoms with Gasteiger partial charge in [0.2, 0.25) is 5.91 Å². The van der Waals surface area contributed by atoms with Crippen LogP contribution in [-0.2, 0) is 16.0 Å². The second kappa shape index (κ2) is 5.77. The lowest BCUT2D eigenvalue weighted by Gasteiger charge is -2.15. The van der Waals surface area contributed by atoms with Crippen molar-refractivity contribution in [2.75, 3.05) is 13.6 Å². The number of amides is 1. The lowest BCUT2D eigenvalue weighted by Crippen LogP contribution is -2.30. The maximum Gasteiger partial charge on any atom is 0.305 e. The SMILES string of the molecule is Cc1cccc2c(CC(=O)N(C)CCC(=O)O)c[nH]c12. The molecule has 0 unspecified atom stereocenters. The Labute approximate surface area is 117 Å². The van der Waals surface area contributed by atoms with E-state index in [-0.39, 0.29) is 25.3 Å². The van der Waals surface area contributed by atoms with Gasteiger partial charge in [-0.15, -0.1) is 0 Å². The minimum Gasteiger partial charge on any atom is -0.481 e. The fourth-order valence-corrected chi connectivity index (χ4v) is 2.20. The van der Waals surface area contributed by atoms with E-state index in [0.717, 1.165) is 22.0 Å². The van der Waals surface area contributed by atoms with Gasteiger partial charge in [-0.3, -0.25) is 9.59 Å². The fourth-order valence-electron chi connectivity index (χ4n) is 2.20. The van der Waals surface area contributed by atoms with Gasteiger partial charge in [0.05, 0.1) is 12.8 Å². The van der Waals surface area contributed by atoms with Gasteiger partial charge in [0, 0.05) is 30.7 Å². The van der Waals surface area contributed by atoms with E-state index in [1.807, 2.05) is 31.3 Å². The number of aliphatic carboxylic acids is 1. The van der Waals surface area contributed by atoms with Crippen LogP contribution in [0.15, 0.2) is 24.4 Å². The Morgan fingerprint density at radius 1 is 1.35 bits per heavy atom. The third-order valence-electron chi connectivity index (χ3n) is 3.44. The molecule has 0 spiro atoms. The van der Waals surface area contributed by atoms with E-state index in [1.165, 1.54) is 4.90 Å². The van der Waals surface area contributed by atoms with Crippen molar-refractivity contribution in [3.05, 3.63) is 35.5 Å². The number of para-hydroxylation sites is 1. The Bertz CT molecular complexity index is 646. The molecule has 0 atom stereocenters. The van der Waals surface area contributed by atoms with Crippen molar-refractivity contribution in [1.82, 2.24) is 9.88 Å². The van der Waals surface area contributed by atoms with Gasteiger partial charge in [-0.2, -0.15) is 0 Å².